The number of fused-ring (bicyclic) bond motifs is 1. The van der Waals surface area contributed by atoms with E-state index in [1.807, 2.05) is 0 Å². The number of benzene rings is 1. The van der Waals surface area contributed by atoms with Gasteiger partial charge in [0.05, 0.1) is 10.5 Å². The molecule has 0 bridgehead atoms. The third kappa shape index (κ3) is 2.44. The molecule has 3 atom stereocenters. The second-order valence-corrected chi connectivity index (χ2v) is 7.91. The van der Waals surface area contributed by atoms with Crippen molar-refractivity contribution in [1.29, 1.82) is 0 Å². The Morgan fingerprint density at radius 2 is 2.12 bits per heavy atom. The Labute approximate surface area is 141 Å². The van der Waals surface area contributed by atoms with Crippen LogP contribution in [-0.2, 0) is 9.59 Å². The van der Waals surface area contributed by atoms with Gasteiger partial charge in [0.2, 0.25) is 0 Å². The average molecular weight is 349 g/mol. The number of hydrogen-bond donors (Lipinski definition) is 1. The van der Waals surface area contributed by atoms with Gasteiger partial charge in [-0.25, -0.2) is 4.79 Å². The van der Waals surface area contributed by atoms with Crippen molar-refractivity contribution in [1.82, 2.24) is 4.90 Å². The molecule has 0 saturated carbocycles. The number of aliphatic carboxylic acids is 1. The SMILES string of the molecule is CC1(C)S[C@@H]2[C@H](N=Cc3ccccc3[N+](=O)[O-])C(=O)N2[C@H]1C(=O)O. The summed E-state index contributed by atoms with van der Waals surface area (Å²) < 4.78 is -0.616. The van der Waals surface area contributed by atoms with Crippen LogP contribution in [0.1, 0.15) is 19.4 Å². The molecule has 0 spiro atoms. The van der Waals surface area contributed by atoms with Crippen molar-refractivity contribution < 1.29 is 19.6 Å². The predicted octanol–water partition coefficient (Wildman–Crippen LogP) is 1.53. The van der Waals surface area contributed by atoms with Crippen molar-refractivity contribution in [2.24, 2.45) is 4.99 Å². The first-order valence-corrected chi connectivity index (χ1v) is 8.11. The lowest BCUT2D eigenvalue weighted by Crippen LogP contribution is -2.64. The van der Waals surface area contributed by atoms with Gasteiger partial charge in [-0.2, -0.15) is 0 Å². The molecular formula is C15H15N3O5S. The zero-order valence-electron chi connectivity index (χ0n) is 12.9. The number of carboxylic acids is 1. The molecular weight excluding hydrogens is 334 g/mol. The quantitative estimate of drug-likeness (QED) is 0.382. The highest BCUT2D eigenvalue weighted by atomic mass is 32.2. The Morgan fingerprint density at radius 3 is 2.75 bits per heavy atom. The maximum atomic E-state index is 12.3. The van der Waals surface area contributed by atoms with E-state index in [2.05, 4.69) is 4.99 Å². The minimum Gasteiger partial charge on any atom is -0.480 e. The number of nitrogens with zero attached hydrogens (tertiary/aromatic N) is 3. The van der Waals surface area contributed by atoms with Crippen LogP contribution < -0.4 is 0 Å². The number of nitro groups is 1. The standard InChI is InChI=1S/C15H15N3O5S/c1-15(2)11(14(20)21)17-12(19)10(13(17)24-15)16-7-8-5-3-4-6-9(8)18(22)23/h3-7,10-11,13H,1-2H3,(H,20,21)/t10-,11+,13-/m1/s1. The van der Waals surface area contributed by atoms with Crippen molar-refractivity contribution in [2.75, 3.05) is 0 Å². The van der Waals surface area contributed by atoms with Crippen LogP contribution in [0.2, 0.25) is 0 Å². The van der Waals surface area contributed by atoms with E-state index in [1.165, 1.54) is 28.9 Å². The van der Waals surface area contributed by atoms with Gasteiger partial charge < -0.3 is 10.0 Å². The lowest BCUT2D eigenvalue weighted by Gasteiger charge is -2.41. The number of rotatable bonds is 4. The van der Waals surface area contributed by atoms with Gasteiger partial charge in [-0.05, 0) is 19.9 Å². The molecule has 0 aromatic heterocycles. The Bertz CT molecular complexity index is 763. The summed E-state index contributed by atoms with van der Waals surface area (Å²) in [6.45, 7) is 3.57. The fraction of sp³-hybridized carbons (Fsp3) is 0.400. The Morgan fingerprint density at radius 1 is 1.46 bits per heavy atom. The van der Waals surface area contributed by atoms with E-state index in [0.29, 0.717) is 5.56 Å². The topological polar surface area (TPSA) is 113 Å². The Kier molecular flexibility index (Phi) is 3.83. The molecule has 9 heteroatoms. The first-order valence-electron chi connectivity index (χ1n) is 7.23. The minimum absolute atomic E-state index is 0.0901. The van der Waals surface area contributed by atoms with Gasteiger partial charge in [-0.15, -0.1) is 11.8 Å². The van der Waals surface area contributed by atoms with Gasteiger partial charge in [0.1, 0.15) is 11.4 Å². The second-order valence-electron chi connectivity index (χ2n) is 6.14. The predicted molar refractivity (Wildman–Crippen MR) is 88.2 cm³/mol. The average Bonchev–Trinajstić information content (AvgIpc) is 2.76. The summed E-state index contributed by atoms with van der Waals surface area (Å²) in [7, 11) is 0. The van der Waals surface area contributed by atoms with Crippen LogP contribution in [0, 0.1) is 10.1 Å². The highest BCUT2D eigenvalue weighted by Crippen LogP contribution is 2.51. The lowest BCUT2D eigenvalue weighted by atomic mass is 9.96. The van der Waals surface area contributed by atoms with Gasteiger partial charge in [-0.1, -0.05) is 12.1 Å². The summed E-state index contributed by atoms with van der Waals surface area (Å²) in [5, 5.41) is 20.0. The summed E-state index contributed by atoms with van der Waals surface area (Å²) in [6, 6.07) is 4.52. The molecule has 2 saturated heterocycles. The van der Waals surface area contributed by atoms with E-state index >= 15 is 0 Å². The highest BCUT2D eigenvalue weighted by molar-refractivity contribution is 8.01. The lowest BCUT2D eigenvalue weighted by molar-refractivity contribution is -0.385. The summed E-state index contributed by atoms with van der Waals surface area (Å²) in [5.74, 6) is -1.40. The van der Waals surface area contributed by atoms with Crippen LogP contribution in [-0.4, -0.2) is 55.2 Å². The summed E-state index contributed by atoms with van der Waals surface area (Å²) >= 11 is 1.39. The van der Waals surface area contributed by atoms with E-state index < -0.39 is 27.7 Å². The van der Waals surface area contributed by atoms with Crippen LogP contribution in [0.5, 0.6) is 0 Å². The number of aliphatic imine (C=N–C) groups is 1. The van der Waals surface area contributed by atoms with Gasteiger partial charge >= 0.3 is 5.97 Å². The van der Waals surface area contributed by atoms with E-state index in [-0.39, 0.29) is 17.0 Å². The number of hydrogen-bond acceptors (Lipinski definition) is 6. The molecule has 8 nitrogen and oxygen atoms in total. The van der Waals surface area contributed by atoms with Gasteiger partial charge in [-0.3, -0.25) is 19.9 Å². The van der Waals surface area contributed by atoms with Crippen LogP contribution in [0.25, 0.3) is 0 Å². The third-order valence-corrected chi connectivity index (χ3v) is 5.71. The van der Waals surface area contributed by atoms with Crippen molar-refractivity contribution in [3.05, 3.63) is 39.9 Å². The number of carbonyl (C=O) groups is 2. The van der Waals surface area contributed by atoms with Crippen LogP contribution in [0.4, 0.5) is 5.69 Å². The molecule has 1 aromatic rings. The molecule has 1 amide bonds. The zero-order chi connectivity index (χ0) is 17.6. The molecule has 2 aliphatic heterocycles. The normalized spacial score (nSPS) is 27.8. The Hall–Kier alpha value is -2.42. The number of carbonyl (C=O) groups excluding carboxylic acids is 1. The number of β-lactam (4-membered cyclic amide) rings is 1. The fourth-order valence-corrected chi connectivity index (χ4v) is 4.67. The third-order valence-electron chi connectivity index (χ3n) is 4.15. The molecule has 24 heavy (non-hydrogen) atoms. The highest BCUT2D eigenvalue weighted by Gasteiger charge is 2.63. The van der Waals surface area contributed by atoms with Crippen LogP contribution in [0.3, 0.4) is 0 Å². The summed E-state index contributed by atoms with van der Waals surface area (Å²) in [6.07, 6.45) is 1.32. The maximum absolute atomic E-state index is 12.3. The fourth-order valence-electron chi connectivity index (χ4n) is 3.05. The number of thioether (sulfide) groups is 1. The smallest absolute Gasteiger partial charge is 0.327 e. The first-order chi connectivity index (χ1) is 11.2. The molecule has 0 aliphatic carbocycles. The van der Waals surface area contributed by atoms with E-state index in [9.17, 15) is 24.8 Å². The van der Waals surface area contributed by atoms with Crippen LogP contribution >= 0.6 is 11.8 Å². The molecule has 0 unspecified atom stereocenters. The molecule has 1 N–H and O–H groups in total. The number of nitro benzene ring substituents is 1. The molecule has 2 heterocycles. The molecule has 2 aliphatic rings. The van der Waals surface area contributed by atoms with Crippen LogP contribution in [0.15, 0.2) is 29.3 Å². The van der Waals surface area contributed by atoms with E-state index in [1.54, 1.807) is 32.0 Å². The number of carboxylic acid groups (broad SMARTS) is 1. The first kappa shape index (κ1) is 16.4. The minimum atomic E-state index is -1.04. The molecule has 2 fully saturated rings. The van der Waals surface area contributed by atoms with Crippen molar-refractivity contribution in [3.8, 4) is 0 Å². The number of amides is 1. The summed E-state index contributed by atoms with van der Waals surface area (Å²) in [5.41, 5.74) is 0.221. The molecule has 3 rings (SSSR count). The van der Waals surface area contributed by atoms with Gasteiger partial charge in [0, 0.05) is 17.0 Å². The Balaban J connectivity index is 1.83. The van der Waals surface area contributed by atoms with E-state index in [4.69, 9.17) is 0 Å². The van der Waals surface area contributed by atoms with Crippen molar-refractivity contribution in [3.63, 3.8) is 0 Å². The molecule has 0 radical (unpaired) electrons. The molecule has 126 valence electrons. The number of para-hydroxylation sites is 1. The molecule has 1 aromatic carbocycles. The largest absolute Gasteiger partial charge is 0.480 e. The maximum Gasteiger partial charge on any atom is 0.327 e. The van der Waals surface area contributed by atoms with Gasteiger partial charge in [0.25, 0.3) is 11.6 Å². The van der Waals surface area contributed by atoms with Crippen molar-refractivity contribution in [2.45, 2.75) is 36.1 Å². The summed E-state index contributed by atoms with van der Waals surface area (Å²) in [4.78, 5) is 39.7. The monoisotopic (exact) mass is 349 g/mol. The van der Waals surface area contributed by atoms with Gasteiger partial charge in [0.15, 0.2) is 6.04 Å². The van der Waals surface area contributed by atoms with E-state index in [0.717, 1.165) is 0 Å². The zero-order valence-corrected chi connectivity index (χ0v) is 13.8. The van der Waals surface area contributed by atoms with Crippen molar-refractivity contribution >= 4 is 35.5 Å². The second kappa shape index (κ2) is 5.59.